The molecule has 0 fully saturated rings. The Labute approximate surface area is 145 Å². The number of carbonyl (C=O) groups excluding carboxylic acids is 2. The number of hydrogen-bond acceptors (Lipinski definition) is 5. The Balaban J connectivity index is 2.66. The van der Waals surface area contributed by atoms with Gasteiger partial charge >= 0.3 is 11.9 Å². The van der Waals surface area contributed by atoms with Crippen molar-refractivity contribution in [2.24, 2.45) is 11.8 Å². The van der Waals surface area contributed by atoms with Crippen LogP contribution in [0.1, 0.15) is 60.8 Å². The first-order valence-electron chi connectivity index (χ1n) is 8.73. The van der Waals surface area contributed by atoms with Crippen molar-refractivity contribution in [1.82, 2.24) is 5.32 Å². The van der Waals surface area contributed by atoms with Gasteiger partial charge in [0.1, 0.15) is 0 Å². The second-order valence-corrected chi connectivity index (χ2v) is 7.15. The van der Waals surface area contributed by atoms with E-state index in [4.69, 9.17) is 9.47 Å². The van der Waals surface area contributed by atoms with E-state index in [9.17, 15) is 9.59 Å². The van der Waals surface area contributed by atoms with Crippen LogP contribution in [0.3, 0.4) is 0 Å². The lowest BCUT2D eigenvalue weighted by Crippen LogP contribution is -2.27. The molecular weight excluding hydrogens is 306 g/mol. The highest BCUT2D eigenvalue weighted by Crippen LogP contribution is 2.25. The molecule has 0 aromatic rings. The second kappa shape index (κ2) is 9.50. The van der Waals surface area contributed by atoms with E-state index in [0.29, 0.717) is 36.2 Å². The minimum atomic E-state index is -0.361. The molecule has 1 aliphatic heterocycles. The molecule has 0 bridgehead atoms. The molecule has 0 aromatic carbocycles. The highest BCUT2D eigenvalue weighted by molar-refractivity contribution is 5.96. The van der Waals surface area contributed by atoms with Gasteiger partial charge in [0, 0.05) is 17.8 Å². The molecule has 0 saturated carbocycles. The summed E-state index contributed by atoms with van der Waals surface area (Å²) >= 11 is 0. The normalized spacial score (nSPS) is 15.0. The van der Waals surface area contributed by atoms with Gasteiger partial charge in [-0.2, -0.15) is 0 Å². The summed E-state index contributed by atoms with van der Waals surface area (Å²) in [7, 11) is 0. The lowest BCUT2D eigenvalue weighted by molar-refractivity contribution is -0.140. The van der Waals surface area contributed by atoms with Crippen molar-refractivity contribution in [2.45, 2.75) is 60.8 Å². The first kappa shape index (κ1) is 20.3. The lowest BCUT2D eigenvalue weighted by atomic mass is 9.98. The number of dihydropyridines is 1. The second-order valence-electron chi connectivity index (χ2n) is 7.15. The van der Waals surface area contributed by atoms with Crippen molar-refractivity contribution < 1.29 is 19.1 Å². The number of nitrogens with one attached hydrogen (secondary N) is 1. The fourth-order valence-electron chi connectivity index (χ4n) is 2.27. The quantitative estimate of drug-likeness (QED) is 0.684. The molecule has 0 saturated heterocycles. The van der Waals surface area contributed by atoms with E-state index in [0.717, 1.165) is 24.2 Å². The summed E-state index contributed by atoms with van der Waals surface area (Å²) in [6, 6.07) is 0. The zero-order valence-electron chi connectivity index (χ0n) is 15.8. The van der Waals surface area contributed by atoms with Crippen LogP contribution in [0.5, 0.6) is 0 Å². The van der Waals surface area contributed by atoms with Gasteiger partial charge in [0.15, 0.2) is 0 Å². The zero-order chi connectivity index (χ0) is 18.3. The number of ether oxygens (including phenoxy) is 2. The summed E-state index contributed by atoms with van der Waals surface area (Å²) in [5, 5.41) is 3.10. The fourth-order valence-corrected chi connectivity index (χ4v) is 2.27. The van der Waals surface area contributed by atoms with Gasteiger partial charge in [-0.1, -0.05) is 27.7 Å². The monoisotopic (exact) mass is 337 g/mol. The van der Waals surface area contributed by atoms with E-state index in [2.05, 4.69) is 33.0 Å². The molecule has 5 nitrogen and oxygen atoms in total. The van der Waals surface area contributed by atoms with Crippen LogP contribution in [0, 0.1) is 11.8 Å². The standard InChI is InChI=1S/C19H31NO4/c1-12(2)7-9-23-18(21)16-11-17(15(6)20-14(16)5)19(22)24-10-8-13(3)4/h12-13,20H,7-11H2,1-6H3. The molecule has 1 heterocycles. The highest BCUT2D eigenvalue weighted by Gasteiger charge is 2.26. The third-order valence-electron chi connectivity index (χ3n) is 3.98. The van der Waals surface area contributed by atoms with Crippen LogP contribution < -0.4 is 5.32 Å². The average molecular weight is 337 g/mol. The van der Waals surface area contributed by atoms with E-state index in [1.807, 2.05) is 13.8 Å². The van der Waals surface area contributed by atoms with E-state index in [-0.39, 0.29) is 18.4 Å². The Morgan fingerprint density at radius 3 is 1.58 bits per heavy atom. The van der Waals surface area contributed by atoms with Crippen molar-refractivity contribution in [3.05, 3.63) is 22.5 Å². The SMILES string of the molecule is CC1=C(C(=O)OCCC(C)C)CC(C(=O)OCCC(C)C)=C(C)N1. The summed E-state index contributed by atoms with van der Waals surface area (Å²) in [4.78, 5) is 24.5. The lowest BCUT2D eigenvalue weighted by Gasteiger charge is -2.22. The van der Waals surface area contributed by atoms with Gasteiger partial charge in [-0.15, -0.1) is 0 Å². The van der Waals surface area contributed by atoms with Crippen LogP contribution in [-0.2, 0) is 19.1 Å². The van der Waals surface area contributed by atoms with Crippen LogP contribution in [0.4, 0.5) is 0 Å². The molecule has 0 unspecified atom stereocenters. The molecule has 0 radical (unpaired) electrons. The topological polar surface area (TPSA) is 64.6 Å². The molecule has 0 atom stereocenters. The molecular formula is C19H31NO4. The summed E-state index contributed by atoms with van der Waals surface area (Å²) in [5.74, 6) is 0.234. The Kier molecular flexibility index (Phi) is 8.02. The van der Waals surface area contributed by atoms with Gasteiger partial charge in [-0.25, -0.2) is 9.59 Å². The number of hydrogen-bond donors (Lipinski definition) is 1. The van der Waals surface area contributed by atoms with E-state index in [1.165, 1.54) is 0 Å². The Hall–Kier alpha value is -1.78. The number of allylic oxidation sites excluding steroid dienone is 2. The van der Waals surface area contributed by atoms with Crippen molar-refractivity contribution in [1.29, 1.82) is 0 Å². The highest BCUT2D eigenvalue weighted by atomic mass is 16.5. The van der Waals surface area contributed by atoms with Gasteiger partial charge < -0.3 is 14.8 Å². The van der Waals surface area contributed by atoms with E-state index >= 15 is 0 Å². The van der Waals surface area contributed by atoms with Crippen LogP contribution in [0.15, 0.2) is 22.5 Å². The fraction of sp³-hybridized carbons (Fsp3) is 0.684. The smallest absolute Gasteiger partial charge is 0.336 e. The van der Waals surface area contributed by atoms with Gasteiger partial charge in [-0.05, 0) is 38.5 Å². The third-order valence-corrected chi connectivity index (χ3v) is 3.98. The summed E-state index contributed by atoms with van der Waals surface area (Å²) < 4.78 is 10.7. The minimum Gasteiger partial charge on any atom is -0.462 e. The van der Waals surface area contributed by atoms with E-state index < -0.39 is 0 Å². The van der Waals surface area contributed by atoms with Crippen LogP contribution in [0.25, 0.3) is 0 Å². The molecule has 1 aliphatic rings. The van der Waals surface area contributed by atoms with Crippen LogP contribution in [0.2, 0.25) is 0 Å². The van der Waals surface area contributed by atoms with Gasteiger partial charge in [-0.3, -0.25) is 0 Å². The van der Waals surface area contributed by atoms with Crippen LogP contribution >= 0.6 is 0 Å². The molecule has 1 N–H and O–H groups in total. The Morgan fingerprint density at radius 2 is 1.25 bits per heavy atom. The molecule has 0 spiro atoms. The molecule has 0 amide bonds. The molecule has 24 heavy (non-hydrogen) atoms. The number of esters is 2. The predicted octanol–water partition coefficient (Wildman–Crippen LogP) is 3.71. The summed E-state index contributed by atoms with van der Waals surface area (Å²) in [6.07, 6.45) is 1.90. The molecule has 1 rings (SSSR count). The van der Waals surface area contributed by atoms with Gasteiger partial charge in [0.25, 0.3) is 0 Å². The number of rotatable bonds is 8. The molecule has 0 aromatic heterocycles. The maximum atomic E-state index is 12.3. The third kappa shape index (κ3) is 6.38. The van der Waals surface area contributed by atoms with Crippen molar-refractivity contribution in [2.75, 3.05) is 13.2 Å². The summed E-state index contributed by atoms with van der Waals surface area (Å²) in [6.45, 7) is 12.8. The first-order chi connectivity index (χ1) is 11.2. The Bertz CT molecular complexity index is 483. The first-order valence-corrected chi connectivity index (χ1v) is 8.73. The van der Waals surface area contributed by atoms with Crippen LogP contribution in [-0.4, -0.2) is 25.2 Å². The largest absolute Gasteiger partial charge is 0.462 e. The molecule has 5 heteroatoms. The number of carbonyl (C=O) groups is 2. The molecule has 0 aliphatic carbocycles. The average Bonchev–Trinajstić information content (AvgIpc) is 2.46. The maximum Gasteiger partial charge on any atom is 0.336 e. The van der Waals surface area contributed by atoms with Crippen molar-refractivity contribution in [3.63, 3.8) is 0 Å². The zero-order valence-corrected chi connectivity index (χ0v) is 15.8. The molecule has 136 valence electrons. The summed E-state index contributed by atoms with van der Waals surface area (Å²) in [5.41, 5.74) is 2.47. The van der Waals surface area contributed by atoms with Crippen molar-refractivity contribution in [3.8, 4) is 0 Å². The maximum absolute atomic E-state index is 12.3. The Morgan fingerprint density at radius 1 is 0.875 bits per heavy atom. The van der Waals surface area contributed by atoms with Gasteiger partial charge in [0.05, 0.1) is 24.4 Å². The van der Waals surface area contributed by atoms with Crippen molar-refractivity contribution >= 4 is 11.9 Å². The predicted molar refractivity (Wildman–Crippen MR) is 94.0 cm³/mol. The van der Waals surface area contributed by atoms with Gasteiger partial charge in [0.2, 0.25) is 0 Å². The van der Waals surface area contributed by atoms with E-state index in [1.54, 1.807) is 0 Å². The minimum absolute atomic E-state index is 0.256.